The topological polar surface area (TPSA) is 71.4 Å². The predicted octanol–water partition coefficient (Wildman–Crippen LogP) is 3.42. The third-order valence-electron chi connectivity index (χ3n) is 5.63. The monoisotopic (exact) mass is 419 g/mol. The summed E-state index contributed by atoms with van der Waals surface area (Å²) in [5.74, 6) is 0.872. The van der Waals surface area contributed by atoms with E-state index in [2.05, 4.69) is 32.8 Å². The molecule has 1 aromatic heterocycles. The molecule has 7 heteroatoms. The van der Waals surface area contributed by atoms with Crippen LogP contribution in [0.15, 0.2) is 66.7 Å². The minimum atomic E-state index is -0.225. The second-order valence-electron chi connectivity index (χ2n) is 7.89. The second kappa shape index (κ2) is 9.76. The molecule has 31 heavy (non-hydrogen) atoms. The maximum atomic E-state index is 13.0. The molecule has 1 saturated heterocycles. The van der Waals surface area contributed by atoms with Gasteiger partial charge in [0.2, 0.25) is 0 Å². The van der Waals surface area contributed by atoms with E-state index in [1.54, 1.807) is 11.8 Å². The number of para-hydroxylation sites is 1. The highest BCUT2D eigenvalue weighted by Crippen LogP contribution is 2.27. The van der Waals surface area contributed by atoms with E-state index in [1.807, 2.05) is 61.5 Å². The first-order chi connectivity index (χ1) is 15.1. The smallest absolute Gasteiger partial charge is 0.320 e. The van der Waals surface area contributed by atoms with Crippen LogP contribution in [0.3, 0.4) is 0 Å². The number of nitrogens with zero attached hydrogens (tertiary/aromatic N) is 3. The highest BCUT2D eigenvalue weighted by atomic mass is 16.5. The third kappa shape index (κ3) is 5.13. The predicted molar refractivity (Wildman–Crippen MR) is 122 cm³/mol. The number of nitrogens with one attached hydrogen (secondary N) is 2. The molecular formula is C24H29N5O2. The van der Waals surface area contributed by atoms with Gasteiger partial charge >= 0.3 is 6.03 Å². The third-order valence-corrected chi connectivity index (χ3v) is 5.63. The lowest BCUT2D eigenvalue weighted by Crippen LogP contribution is -2.42. The molecule has 2 aromatic carbocycles. The zero-order valence-corrected chi connectivity index (χ0v) is 18.0. The molecule has 2 N–H and O–H groups in total. The van der Waals surface area contributed by atoms with Gasteiger partial charge in [-0.25, -0.2) is 9.48 Å². The summed E-state index contributed by atoms with van der Waals surface area (Å²) in [5.41, 5.74) is 2.98. The molecule has 4 rings (SSSR count). The largest absolute Gasteiger partial charge is 0.383 e. The van der Waals surface area contributed by atoms with Crippen LogP contribution in [0.5, 0.6) is 0 Å². The molecule has 2 atom stereocenters. The number of rotatable bonds is 7. The fraction of sp³-hybridized carbons (Fsp3) is 0.333. The lowest BCUT2D eigenvalue weighted by Gasteiger charge is -2.20. The number of anilines is 1. The Hall–Kier alpha value is -3.16. The van der Waals surface area contributed by atoms with E-state index in [4.69, 9.17) is 4.74 Å². The van der Waals surface area contributed by atoms with Crippen molar-refractivity contribution >= 4 is 11.8 Å². The highest BCUT2D eigenvalue weighted by molar-refractivity contribution is 5.89. The molecule has 1 fully saturated rings. The van der Waals surface area contributed by atoms with Crippen molar-refractivity contribution in [3.63, 3.8) is 0 Å². The van der Waals surface area contributed by atoms with E-state index in [1.165, 1.54) is 5.56 Å². The van der Waals surface area contributed by atoms with Crippen LogP contribution in [-0.2, 0) is 4.74 Å². The van der Waals surface area contributed by atoms with Crippen LogP contribution in [0.2, 0.25) is 0 Å². The van der Waals surface area contributed by atoms with Gasteiger partial charge in [0.15, 0.2) is 0 Å². The van der Waals surface area contributed by atoms with Gasteiger partial charge in [-0.2, -0.15) is 5.10 Å². The maximum absolute atomic E-state index is 13.0. The average Bonchev–Trinajstić information content (AvgIpc) is 3.36. The Morgan fingerprint density at radius 2 is 1.81 bits per heavy atom. The Morgan fingerprint density at radius 3 is 2.52 bits per heavy atom. The molecule has 7 nitrogen and oxygen atoms in total. The Kier molecular flexibility index (Phi) is 6.64. The van der Waals surface area contributed by atoms with Gasteiger partial charge < -0.3 is 10.1 Å². The number of urea groups is 1. The van der Waals surface area contributed by atoms with Crippen molar-refractivity contribution < 1.29 is 9.53 Å². The molecule has 2 amide bonds. The molecule has 0 bridgehead atoms. The standard InChI is InChI=1S/C24H29N5O2/c1-18-15-23(29(27-18)20-11-7-4-8-12-20)26-24(30)25-22-17-28(13-14-31-2)16-21(22)19-9-5-3-6-10-19/h3-12,15,21-22H,13-14,16-17H2,1-2H3,(H2,25,26,30). The Balaban J connectivity index is 1.48. The van der Waals surface area contributed by atoms with Crippen molar-refractivity contribution in [3.8, 4) is 5.69 Å². The summed E-state index contributed by atoms with van der Waals surface area (Å²) in [4.78, 5) is 15.3. The molecule has 1 aliphatic rings. The van der Waals surface area contributed by atoms with Crippen molar-refractivity contribution in [2.24, 2.45) is 0 Å². The van der Waals surface area contributed by atoms with Crippen LogP contribution in [0.1, 0.15) is 17.2 Å². The molecule has 2 unspecified atom stereocenters. The van der Waals surface area contributed by atoms with Gasteiger partial charge in [0, 0.05) is 38.7 Å². The molecule has 0 radical (unpaired) electrons. The number of aryl methyl sites for hydroxylation is 1. The van der Waals surface area contributed by atoms with E-state index in [0.717, 1.165) is 31.0 Å². The van der Waals surface area contributed by atoms with Crippen molar-refractivity contribution in [2.45, 2.75) is 18.9 Å². The lowest BCUT2D eigenvalue weighted by atomic mass is 9.94. The fourth-order valence-electron chi connectivity index (χ4n) is 4.15. The summed E-state index contributed by atoms with van der Waals surface area (Å²) in [6, 6.07) is 21.8. The number of likely N-dealkylation sites (tertiary alicyclic amines) is 1. The van der Waals surface area contributed by atoms with Crippen molar-refractivity contribution in [1.82, 2.24) is 20.0 Å². The van der Waals surface area contributed by atoms with E-state index >= 15 is 0 Å². The first kappa shape index (κ1) is 21.1. The lowest BCUT2D eigenvalue weighted by molar-refractivity contribution is 0.159. The maximum Gasteiger partial charge on any atom is 0.320 e. The number of methoxy groups -OCH3 is 1. The molecule has 0 saturated carbocycles. The number of hydrogen-bond acceptors (Lipinski definition) is 4. The minimum Gasteiger partial charge on any atom is -0.383 e. The molecule has 1 aliphatic heterocycles. The number of aromatic nitrogens is 2. The number of benzene rings is 2. The summed E-state index contributed by atoms with van der Waals surface area (Å²) < 4.78 is 7.00. The quantitative estimate of drug-likeness (QED) is 0.616. The molecule has 162 valence electrons. The van der Waals surface area contributed by atoms with Gasteiger partial charge in [-0.05, 0) is 24.6 Å². The molecular weight excluding hydrogens is 390 g/mol. The molecule has 2 heterocycles. The Labute approximate surface area is 183 Å². The van der Waals surface area contributed by atoms with Gasteiger partial charge in [0.05, 0.1) is 24.0 Å². The summed E-state index contributed by atoms with van der Waals surface area (Å²) in [5, 5.41) is 10.7. The van der Waals surface area contributed by atoms with Crippen LogP contribution in [0.25, 0.3) is 5.69 Å². The van der Waals surface area contributed by atoms with Crippen LogP contribution in [0, 0.1) is 6.92 Å². The van der Waals surface area contributed by atoms with E-state index in [0.29, 0.717) is 12.4 Å². The number of carbonyl (C=O) groups is 1. The Morgan fingerprint density at radius 1 is 1.10 bits per heavy atom. The van der Waals surface area contributed by atoms with Gasteiger partial charge in [-0.15, -0.1) is 0 Å². The van der Waals surface area contributed by atoms with Crippen molar-refractivity contribution in [3.05, 3.63) is 78.0 Å². The van der Waals surface area contributed by atoms with Gasteiger partial charge in [-0.3, -0.25) is 10.2 Å². The number of amides is 2. The van der Waals surface area contributed by atoms with Crippen LogP contribution in [-0.4, -0.2) is 60.1 Å². The molecule has 3 aromatic rings. The van der Waals surface area contributed by atoms with Crippen LogP contribution in [0.4, 0.5) is 10.6 Å². The summed E-state index contributed by atoms with van der Waals surface area (Å²) in [6.07, 6.45) is 0. The summed E-state index contributed by atoms with van der Waals surface area (Å²) in [6.45, 7) is 5.11. The average molecular weight is 420 g/mol. The van der Waals surface area contributed by atoms with E-state index < -0.39 is 0 Å². The van der Waals surface area contributed by atoms with Crippen molar-refractivity contribution in [2.75, 3.05) is 38.7 Å². The normalized spacial score (nSPS) is 18.8. The molecule has 0 spiro atoms. The molecule has 0 aliphatic carbocycles. The van der Waals surface area contributed by atoms with Crippen LogP contribution < -0.4 is 10.6 Å². The number of hydrogen-bond donors (Lipinski definition) is 2. The first-order valence-corrected chi connectivity index (χ1v) is 10.6. The van der Waals surface area contributed by atoms with Gasteiger partial charge in [0.25, 0.3) is 0 Å². The zero-order chi connectivity index (χ0) is 21.6. The zero-order valence-electron chi connectivity index (χ0n) is 18.0. The van der Waals surface area contributed by atoms with E-state index in [9.17, 15) is 4.79 Å². The van der Waals surface area contributed by atoms with Gasteiger partial charge in [-0.1, -0.05) is 48.5 Å². The number of ether oxygens (including phenoxy) is 1. The Bertz CT molecular complexity index is 990. The van der Waals surface area contributed by atoms with Gasteiger partial charge in [0.1, 0.15) is 5.82 Å². The summed E-state index contributed by atoms with van der Waals surface area (Å²) in [7, 11) is 1.71. The van der Waals surface area contributed by atoms with Crippen LogP contribution >= 0.6 is 0 Å². The fourth-order valence-corrected chi connectivity index (χ4v) is 4.15. The second-order valence-corrected chi connectivity index (χ2v) is 7.89. The number of carbonyl (C=O) groups excluding carboxylic acids is 1. The highest BCUT2D eigenvalue weighted by Gasteiger charge is 2.34. The SMILES string of the molecule is COCCN1CC(NC(=O)Nc2cc(C)nn2-c2ccccc2)C(c2ccccc2)C1. The van der Waals surface area contributed by atoms with E-state index in [-0.39, 0.29) is 18.0 Å². The first-order valence-electron chi connectivity index (χ1n) is 10.6. The summed E-state index contributed by atoms with van der Waals surface area (Å²) >= 11 is 0. The minimum absolute atomic E-state index is 0.00782. The van der Waals surface area contributed by atoms with Crippen molar-refractivity contribution in [1.29, 1.82) is 0 Å².